The second kappa shape index (κ2) is 7.93. The quantitative estimate of drug-likeness (QED) is 0.700. The maximum Gasteiger partial charge on any atom is 0.347 e. The molecule has 1 atom stereocenters. The minimum Gasteiger partial charge on any atom is -0.479 e. The Morgan fingerprint density at radius 1 is 1.20 bits per heavy atom. The third-order valence-corrected chi connectivity index (χ3v) is 3.12. The summed E-state index contributed by atoms with van der Waals surface area (Å²) in [6.45, 7) is 10.6. The Balaban J connectivity index is 2.90. The zero-order valence-corrected chi connectivity index (χ0v) is 13.2. The number of hydrogen-bond acceptors (Lipinski definition) is 3. The van der Waals surface area contributed by atoms with Crippen molar-refractivity contribution in [1.82, 2.24) is 0 Å². The van der Waals surface area contributed by atoms with Gasteiger partial charge in [0.15, 0.2) is 6.10 Å². The molecule has 0 aliphatic rings. The lowest BCUT2D eigenvalue weighted by molar-refractivity contribution is -0.151. The van der Waals surface area contributed by atoms with Gasteiger partial charge in [0.25, 0.3) is 0 Å². The van der Waals surface area contributed by atoms with Crippen molar-refractivity contribution in [3.63, 3.8) is 0 Å². The highest BCUT2D eigenvalue weighted by Crippen LogP contribution is 2.24. The Morgan fingerprint density at radius 2 is 1.90 bits per heavy atom. The SMILES string of the molecule is CCCC(Oc1cc(C)cc(C(C)C)c1)C(=O)OCC. The van der Waals surface area contributed by atoms with Gasteiger partial charge in [0.05, 0.1) is 6.61 Å². The zero-order valence-electron chi connectivity index (χ0n) is 13.2. The molecule has 0 spiro atoms. The maximum absolute atomic E-state index is 11.9. The maximum atomic E-state index is 11.9. The standard InChI is InChI=1S/C17H26O3/c1-6-8-16(17(18)19-7-2)20-15-10-13(5)9-14(11-15)12(3)4/h9-12,16H,6-8H2,1-5H3. The van der Waals surface area contributed by atoms with Crippen molar-refractivity contribution >= 4 is 5.97 Å². The number of carbonyl (C=O) groups excluding carboxylic acids is 1. The first-order valence-corrected chi connectivity index (χ1v) is 7.42. The highest BCUT2D eigenvalue weighted by Gasteiger charge is 2.21. The van der Waals surface area contributed by atoms with Crippen LogP contribution in [0.25, 0.3) is 0 Å². The summed E-state index contributed by atoms with van der Waals surface area (Å²) in [5, 5.41) is 0. The highest BCUT2D eigenvalue weighted by atomic mass is 16.6. The van der Waals surface area contributed by atoms with Crippen molar-refractivity contribution in [3.05, 3.63) is 29.3 Å². The molecule has 0 aliphatic heterocycles. The fourth-order valence-electron chi connectivity index (χ4n) is 2.06. The molecule has 0 saturated heterocycles. The monoisotopic (exact) mass is 278 g/mol. The van der Waals surface area contributed by atoms with Crippen molar-refractivity contribution in [2.75, 3.05) is 6.61 Å². The summed E-state index contributed by atoms with van der Waals surface area (Å²) in [6, 6.07) is 6.13. The van der Waals surface area contributed by atoms with E-state index in [-0.39, 0.29) is 5.97 Å². The summed E-state index contributed by atoms with van der Waals surface area (Å²) in [4.78, 5) is 11.9. The van der Waals surface area contributed by atoms with Crippen LogP contribution in [0.15, 0.2) is 18.2 Å². The fourth-order valence-corrected chi connectivity index (χ4v) is 2.06. The van der Waals surface area contributed by atoms with E-state index in [2.05, 4.69) is 19.9 Å². The Bertz CT molecular complexity index is 438. The van der Waals surface area contributed by atoms with Crippen LogP contribution in [0.2, 0.25) is 0 Å². The Hall–Kier alpha value is -1.51. The second-order valence-corrected chi connectivity index (χ2v) is 5.38. The molecule has 3 heteroatoms. The van der Waals surface area contributed by atoms with Gasteiger partial charge < -0.3 is 9.47 Å². The van der Waals surface area contributed by atoms with Gasteiger partial charge in [-0.25, -0.2) is 4.79 Å². The summed E-state index contributed by atoms with van der Waals surface area (Å²) in [5.41, 5.74) is 2.37. The third kappa shape index (κ3) is 4.87. The van der Waals surface area contributed by atoms with Gasteiger partial charge in [-0.15, -0.1) is 0 Å². The number of rotatable bonds is 7. The van der Waals surface area contributed by atoms with Gasteiger partial charge in [0, 0.05) is 0 Å². The van der Waals surface area contributed by atoms with Crippen molar-refractivity contribution < 1.29 is 14.3 Å². The summed E-state index contributed by atoms with van der Waals surface area (Å²) in [6.07, 6.45) is 1.04. The molecule has 0 radical (unpaired) electrons. The van der Waals surface area contributed by atoms with Crippen LogP contribution in [-0.2, 0) is 9.53 Å². The van der Waals surface area contributed by atoms with E-state index in [1.807, 2.05) is 32.9 Å². The van der Waals surface area contributed by atoms with Gasteiger partial charge in [-0.2, -0.15) is 0 Å². The lowest BCUT2D eigenvalue weighted by atomic mass is 10.0. The summed E-state index contributed by atoms with van der Waals surface area (Å²) in [5.74, 6) is 0.909. The molecule has 1 unspecified atom stereocenters. The van der Waals surface area contributed by atoms with E-state index < -0.39 is 6.10 Å². The highest BCUT2D eigenvalue weighted by molar-refractivity contribution is 5.75. The van der Waals surface area contributed by atoms with Gasteiger partial charge in [0.1, 0.15) is 5.75 Å². The zero-order chi connectivity index (χ0) is 15.1. The topological polar surface area (TPSA) is 35.5 Å². The van der Waals surface area contributed by atoms with E-state index in [0.29, 0.717) is 18.9 Å². The molecule has 112 valence electrons. The van der Waals surface area contributed by atoms with Crippen LogP contribution in [0.4, 0.5) is 0 Å². The Labute approximate surface area is 122 Å². The average molecular weight is 278 g/mol. The minimum absolute atomic E-state index is 0.276. The Kier molecular flexibility index (Phi) is 6.56. The first-order valence-electron chi connectivity index (χ1n) is 7.42. The lowest BCUT2D eigenvalue weighted by Gasteiger charge is -2.18. The fraction of sp³-hybridized carbons (Fsp3) is 0.588. The first kappa shape index (κ1) is 16.5. The number of benzene rings is 1. The smallest absolute Gasteiger partial charge is 0.347 e. The van der Waals surface area contributed by atoms with Crippen LogP contribution in [0, 0.1) is 6.92 Å². The van der Waals surface area contributed by atoms with Crippen molar-refractivity contribution in [3.8, 4) is 5.75 Å². The van der Waals surface area contributed by atoms with Gasteiger partial charge >= 0.3 is 5.97 Å². The van der Waals surface area contributed by atoms with Crippen molar-refractivity contribution in [1.29, 1.82) is 0 Å². The van der Waals surface area contributed by atoms with E-state index in [1.165, 1.54) is 5.56 Å². The first-order chi connectivity index (χ1) is 9.47. The summed E-state index contributed by atoms with van der Waals surface area (Å²) >= 11 is 0. The van der Waals surface area contributed by atoms with Crippen LogP contribution >= 0.6 is 0 Å². The van der Waals surface area contributed by atoms with Gasteiger partial charge in [-0.05, 0) is 49.4 Å². The average Bonchev–Trinajstić information content (AvgIpc) is 2.37. The molecule has 1 aromatic rings. The molecule has 0 amide bonds. The summed E-state index contributed by atoms with van der Waals surface area (Å²) < 4.78 is 10.9. The molecule has 1 aromatic carbocycles. The lowest BCUT2D eigenvalue weighted by Crippen LogP contribution is -2.29. The van der Waals surface area contributed by atoms with E-state index in [1.54, 1.807) is 0 Å². The predicted octanol–water partition coefficient (Wildman–Crippen LogP) is 4.23. The molecule has 0 saturated carbocycles. The van der Waals surface area contributed by atoms with Crippen molar-refractivity contribution in [2.24, 2.45) is 0 Å². The molecule has 0 bridgehead atoms. The van der Waals surface area contributed by atoms with Crippen LogP contribution in [0.1, 0.15) is 57.6 Å². The van der Waals surface area contributed by atoms with Gasteiger partial charge in [0.2, 0.25) is 0 Å². The molecular weight excluding hydrogens is 252 g/mol. The molecule has 0 fully saturated rings. The number of ether oxygens (including phenoxy) is 2. The summed E-state index contributed by atoms with van der Waals surface area (Å²) in [7, 11) is 0. The second-order valence-electron chi connectivity index (χ2n) is 5.38. The van der Waals surface area contributed by atoms with Gasteiger partial charge in [-0.3, -0.25) is 0 Å². The van der Waals surface area contributed by atoms with E-state index >= 15 is 0 Å². The van der Waals surface area contributed by atoms with Crippen LogP contribution < -0.4 is 4.74 Å². The molecule has 1 rings (SSSR count). The Morgan fingerprint density at radius 3 is 2.45 bits per heavy atom. The molecule has 0 N–H and O–H groups in total. The number of hydrogen-bond donors (Lipinski definition) is 0. The molecule has 0 heterocycles. The van der Waals surface area contributed by atoms with E-state index in [9.17, 15) is 4.79 Å². The molecule has 0 aromatic heterocycles. The number of carbonyl (C=O) groups is 1. The van der Waals surface area contributed by atoms with E-state index in [4.69, 9.17) is 9.47 Å². The minimum atomic E-state index is -0.512. The molecular formula is C17H26O3. The molecule has 3 nitrogen and oxygen atoms in total. The van der Waals surface area contributed by atoms with Crippen LogP contribution in [0.5, 0.6) is 5.75 Å². The van der Waals surface area contributed by atoms with Crippen molar-refractivity contribution in [2.45, 2.75) is 59.5 Å². The van der Waals surface area contributed by atoms with Crippen LogP contribution in [0.3, 0.4) is 0 Å². The van der Waals surface area contributed by atoms with Gasteiger partial charge in [-0.1, -0.05) is 33.3 Å². The number of esters is 1. The largest absolute Gasteiger partial charge is 0.479 e. The molecule has 0 aliphatic carbocycles. The van der Waals surface area contributed by atoms with Crippen LogP contribution in [-0.4, -0.2) is 18.7 Å². The predicted molar refractivity (Wildman–Crippen MR) is 81.2 cm³/mol. The third-order valence-electron chi connectivity index (χ3n) is 3.12. The normalized spacial score (nSPS) is 12.3. The number of aryl methyl sites for hydroxylation is 1. The molecule has 20 heavy (non-hydrogen) atoms. The van der Waals surface area contributed by atoms with E-state index in [0.717, 1.165) is 17.7 Å².